The van der Waals surface area contributed by atoms with E-state index in [1.807, 2.05) is 0 Å². The summed E-state index contributed by atoms with van der Waals surface area (Å²) in [6, 6.07) is 0. The Morgan fingerprint density at radius 1 is 1.15 bits per heavy atom. The molecule has 0 aliphatic heterocycles. The fraction of sp³-hybridized carbons (Fsp3) is 0.700. The molecule has 0 aromatic carbocycles. The van der Waals surface area contributed by atoms with Crippen LogP contribution in [0.2, 0.25) is 0 Å². The molecule has 76 valence electrons. The zero-order valence-electron chi connectivity index (χ0n) is 9.89. The average molecular weight is 262 g/mol. The Morgan fingerprint density at radius 3 is 1.38 bits per heavy atom. The molecule has 0 aromatic heterocycles. The van der Waals surface area contributed by atoms with Crippen LogP contribution in [-0.4, -0.2) is 12.1 Å². The van der Waals surface area contributed by atoms with Crippen molar-refractivity contribution in [2.24, 2.45) is 0 Å². The van der Waals surface area contributed by atoms with E-state index in [-0.39, 0.29) is 45.7 Å². The molecule has 3 heteroatoms. The molecular weight excluding hydrogens is 241 g/mol. The maximum atomic E-state index is 9.47. The van der Waals surface area contributed by atoms with Gasteiger partial charge in [0.2, 0.25) is 0 Å². The van der Waals surface area contributed by atoms with Gasteiger partial charge in [-0.15, -0.1) is 0 Å². The first-order valence-corrected chi connectivity index (χ1v) is 3.61. The van der Waals surface area contributed by atoms with Crippen molar-refractivity contribution in [3.05, 3.63) is 13.3 Å². The van der Waals surface area contributed by atoms with Gasteiger partial charge in [-0.3, -0.25) is 0 Å². The van der Waals surface area contributed by atoms with Crippen LogP contribution in [0.5, 0.6) is 0 Å². The largest absolute Gasteiger partial charge is 3.00 e. The standard InChI is InChI=1S/C5H9O2.C4H9.CH3.Y/c1-5(2,3)7-4-6;1-4(2)3;;/h1-3H3;1-3H3;1H3;/q3*-1;+3. The van der Waals surface area contributed by atoms with E-state index in [2.05, 4.69) is 25.5 Å². The van der Waals surface area contributed by atoms with Crippen molar-refractivity contribution in [1.82, 2.24) is 0 Å². The maximum absolute atomic E-state index is 9.47. The van der Waals surface area contributed by atoms with Crippen molar-refractivity contribution in [3.8, 4) is 0 Å². The smallest absolute Gasteiger partial charge is 0.649 e. The van der Waals surface area contributed by atoms with E-state index in [0.717, 1.165) is 0 Å². The van der Waals surface area contributed by atoms with E-state index in [0.29, 0.717) is 0 Å². The van der Waals surface area contributed by atoms with Gasteiger partial charge < -0.3 is 22.9 Å². The van der Waals surface area contributed by atoms with Gasteiger partial charge in [-0.25, -0.2) is 0 Å². The normalized spacial score (nSPS) is 8.54. The summed E-state index contributed by atoms with van der Waals surface area (Å²) in [4.78, 5) is 9.47. The molecule has 0 heterocycles. The summed E-state index contributed by atoms with van der Waals surface area (Å²) in [6.45, 7) is 13.0. The van der Waals surface area contributed by atoms with E-state index >= 15 is 0 Å². The Balaban J connectivity index is -0.0000000600. The molecule has 0 radical (unpaired) electrons. The maximum Gasteiger partial charge on any atom is 3.00 e. The molecule has 0 saturated carbocycles. The zero-order chi connectivity index (χ0) is 9.49. The Labute approximate surface area is 109 Å². The third kappa shape index (κ3) is 67.2. The predicted molar refractivity (Wildman–Crippen MR) is 53.2 cm³/mol. The Kier molecular flexibility index (Phi) is 22.6. The third-order valence-electron chi connectivity index (χ3n) is 0.348. The molecular formula is C10H21O2Y. The number of carbonyl (C=O) groups excluding carboxylic acids is 1. The first-order valence-electron chi connectivity index (χ1n) is 3.61. The zero-order valence-corrected chi connectivity index (χ0v) is 12.7. The molecule has 2 nitrogen and oxygen atoms in total. The number of rotatable bonds is 1. The van der Waals surface area contributed by atoms with Crippen LogP contribution in [0.1, 0.15) is 41.5 Å². The van der Waals surface area contributed by atoms with E-state index in [4.69, 9.17) is 0 Å². The fourth-order valence-corrected chi connectivity index (χ4v) is 0.125. The summed E-state index contributed by atoms with van der Waals surface area (Å²) in [5.41, 5.74) is -0.373. The monoisotopic (exact) mass is 262 g/mol. The van der Waals surface area contributed by atoms with Gasteiger partial charge in [-0.1, -0.05) is 6.47 Å². The third-order valence-corrected chi connectivity index (χ3v) is 0.348. The van der Waals surface area contributed by atoms with E-state index in [1.54, 1.807) is 20.8 Å². The van der Waals surface area contributed by atoms with Gasteiger partial charge in [-0.05, 0) is 20.8 Å². The van der Waals surface area contributed by atoms with Crippen molar-refractivity contribution in [3.63, 3.8) is 0 Å². The topological polar surface area (TPSA) is 26.3 Å². The second kappa shape index (κ2) is 12.6. The summed E-state index contributed by atoms with van der Waals surface area (Å²) in [6.07, 6.45) is 0. The van der Waals surface area contributed by atoms with E-state index < -0.39 is 0 Å². The van der Waals surface area contributed by atoms with Gasteiger partial charge in [0.1, 0.15) is 0 Å². The van der Waals surface area contributed by atoms with Crippen LogP contribution in [0.4, 0.5) is 0 Å². The van der Waals surface area contributed by atoms with Gasteiger partial charge in [0, 0.05) is 0 Å². The van der Waals surface area contributed by atoms with Gasteiger partial charge in [-0.2, -0.15) is 20.8 Å². The Bertz CT molecular complexity index is 92.8. The van der Waals surface area contributed by atoms with Crippen LogP contribution in [0.15, 0.2) is 0 Å². The van der Waals surface area contributed by atoms with Crippen molar-refractivity contribution >= 4 is 6.47 Å². The van der Waals surface area contributed by atoms with Crippen LogP contribution in [0, 0.1) is 13.3 Å². The van der Waals surface area contributed by atoms with Crippen LogP contribution in [0.3, 0.4) is 0 Å². The van der Waals surface area contributed by atoms with Gasteiger partial charge in [0.05, 0.1) is 5.60 Å². The Hall–Kier alpha value is 0.574. The molecule has 0 unspecified atom stereocenters. The molecule has 0 aromatic rings. The molecule has 0 atom stereocenters. The second-order valence-corrected chi connectivity index (χ2v) is 3.80. The number of hydrogen-bond acceptors (Lipinski definition) is 2. The molecule has 0 aliphatic carbocycles. The van der Waals surface area contributed by atoms with Crippen molar-refractivity contribution in [2.45, 2.75) is 47.1 Å². The second-order valence-electron chi connectivity index (χ2n) is 3.80. The molecule has 0 rings (SSSR count). The molecule has 0 saturated heterocycles. The molecule has 0 fully saturated rings. The first kappa shape index (κ1) is 23.4. The van der Waals surface area contributed by atoms with Crippen molar-refractivity contribution in [1.29, 1.82) is 0 Å². The molecule has 0 N–H and O–H groups in total. The number of ether oxygens (including phenoxy) is 1. The summed E-state index contributed by atoms with van der Waals surface area (Å²) in [5.74, 6) is 1.42. The van der Waals surface area contributed by atoms with Crippen LogP contribution < -0.4 is 0 Å². The van der Waals surface area contributed by atoms with Crippen LogP contribution >= 0.6 is 0 Å². The first-order chi connectivity index (χ1) is 4.79. The summed E-state index contributed by atoms with van der Waals surface area (Å²) in [5, 5.41) is 0. The quantitative estimate of drug-likeness (QED) is 0.679. The minimum Gasteiger partial charge on any atom is -0.649 e. The molecule has 0 amide bonds. The molecule has 0 aliphatic rings. The van der Waals surface area contributed by atoms with Crippen LogP contribution in [-0.2, 0) is 42.2 Å². The van der Waals surface area contributed by atoms with Crippen LogP contribution in [0.25, 0.3) is 0 Å². The van der Waals surface area contributed by atoms with Gasteiger partial charge in [0.15, 0.2) is 0 Å². The van der Waals surface area contributed by atoms with Gasteiger partial charge in [0.25, 0.3) is 0 Å². The van der Waals surface area contributed by atoms with Gasteiger partial charge >= 0.3 is 32.7 Å². The minimum atomic E-state index is -0.373. The SMILES string of the molecule is CC(C)(C)O[C-]=O.C[C-](C)C.[CH3-].[Y+3]. The molecule has 0 bridgehead atoms. The average Bonchev–Trinajstić information content (AvgIpc) is 1.58. The van der Waals surface area contributed by atoms with E-state index in [1.165, 1.54) is 12.4 Å². The van der Waals surface area contributed by atoms with E-state index in [9.17, 15) is 4.79 Å². The summed E-state index contributed by atoms with van der Waals surface area (Å²) >= 11 is 0. The Morgan fingerprint density at radius 2 is 1.38 bits per heavy atom. The summed E-state index contributed by atoms with van der Waals surface area (Å²) in [7, 11) is 0. The van der Waals surface area contributed by atoms with Crippen molar-refractivity contribution in [2.75, 3.05) is 0 Å². The number of hydrogen-bond donors (Lipinski definition) is 0. The van der Waals surface area contributed by atoms with Crippen molar-refractivity contribution < 1.29 is 42.2 Å². The predicted octanol–water partition coefficient (Wildman–Crippen LogP) is 2.94. The summed E-state index contributed by atoms with van der Waals surface area (Å²) < 4.78 is 4.42. The molecule has 13 heavy (non-hydrogen) atoms. The molecule has 0 spiro atoms. The minimum absolute atomic E-state index is 0. The fourth-order valence-electron chi connectivity index (χ4n) is 0.125.